The van der Waals surface area contributed by atoms with E-state index in [1.807, 2.05) is 30.7 Å². The summed E-state index contributed by atoms with van der Waals surface area (Å²) in [5, 5.41) is 9.07. The van der Waals surface area contributed by atoms with Crippen LogP contribution in [-0.2, 0) is 7.05 Å². The maximum Gasteiger partial charge on any atom is 0.191 e. The molecule has 2 rings (SSSR count). The van der Waals surface area contributed by atoms with Crippen molar-refractivity contribution >= 4 is 11.8 Å². The van der Waals surface area contributed by atoms with Gasteiger partial charge in [-0.25, -0.2) is 0 Å². The zero-order valence-electron chi connectivity index (χ0n) is 10.9. The largest absolute Gasteiger partial charge is 0.323 e. The maximum absolute atomic E-state index is 6.22. The van der Waals surface area contributed by atoms with Crippen LogP contribution >= 0.6 is 11.8 Å². The summed E-state index contributed by atoms with van der Waals surface area (Å²) < 4.78 is 1.98. The molecule has 2 N–H and O–H groups in total. The van der Waals surface area contributed by atoms with E-state index in [2.05, 4.69) is 29.3 Å². The van der Waals surface area contributed by atoms with Crippen LogP contribution in [0.5, 0.6) is 0 Å². The first-order chi connectivity index (χ1) is 8.59. The van der Waals surface area contributed by atoms with E-state index in [0.29, 0.717) is 0 Å². The predicted octanol–water partition coefficient (Wildman–Crippen LogP) is 2.22. The topological polar surface area (TPSA) is 56.7 Å². The fourth-order valence-corrected chi connectivity index (χ4v) is 2.70. The molecule has 0 saturated heterocycles. The van der Waals surface area contributed by atoms with E-state index < -0.39 is 0 Å². The Hall–Kier alpha value is -1.33. The summed E-state index contributed by atoms with van der Waals surface area (Å²) in [5.41, 5.74) is 8.66. The molecule has 0 amide bonds. The molecule has 0 aliphatic carbocycles. The molecule has 0 fully saturated rings. The van der Waals surface area contributed by atoms with Gasteiger partial charge < -0.3 is 10.3 Å². The molecular weight excluding hydrogens is 244 g/mol. The van der Waals surface area contributed by atoms with Crippen molar-refractivity contribution in [2.45, 2.75) is 25.0 Å². The van der Waals surface area contributed by atoms with Crippen molar-refractivity contribution in [3.8, 4) is 0 Å². The summed E-state index contributed by atoms with van der Waals surface area (Å²) in [6, 6.07) is 8.26. The standard InChI is InChI=1S/C13H18N4S/c1-9-6-4-5-7-11(9)12(14)8-18-13-16-15-10(2)17(13)3/h4-7,12H,8,14H2,1-3H3. The highest BCUT2D eigenvalue weighted by Crippen LogP contribution is 2.23. The van der Waals surface area contributed by atoms with Crippen LogP contribution in [0.1, 0.15) is 23.0 Å². The van der Waals surface area contributed by atoms with Crippen molar-refractivity contribution in [1.82, 2.24) is 14.8 Å². The second-order valence-electron chi connectivity index (χ2n) is 4.36. The number of rotatable bonds is 4. The second kappa shape index (κ2) is 5.54. The van der Waals surface area contributed by atoms with Gasteiger partial charge in [0.25, 0.3) is 0 Å². The summed E-state index contributed by atoms with van der Waals surface area (Å²) in [5.74, 6) is 1.72. The summed E-state index contributed by atoms with van der Waals surface area (Å²) in [4.78, 5) is 0. The van der Waals surface area contributed by atoms with Crippen LogP contribution in [0, 0.1) is 13.8 Å². The van der Waals surface area contributed by atoms with Gasteiger partial charge in [-0.05, 0) is 25.0 Å². The van der Waals surface area contributed by atoms with Gasteiger partial charge in [-0.3, -0.25) is 0 Å². The van der Waals surface area contributed by atoms with Crippen LogP contribution in [0.4, 0.5) is 0 Å². The average molecular weight is 262 g/mol. The zero-order chi connectivity index (χ0) is 13.1. The number of benzene rings is 1. The molecule has 0 bridgehead atoms. The zero-order valence-corrected chi connectivity index (χ0v) is 11.7. The summed E-state index contributed by atoms with van der Waals surface area (Å²) in [6.45, 7) is 4.03. The Morgan fingerprint density at radius 2 is 2.00 bits per heavy atom. The lowest BCUT2D eigenvalue weighted by Crippen LogP contribution is -2.14. The number of nitrogens with two attached hydrogens (primary N) is 1. The minimum atomic E-state index is 0.0215. The molecule has 1 aromatic carbocycles. The van der Waals surface area contributed by atoms with E-state index in [1.54, 1.807) is 11.8 Å². The normalized spacial score (nSPS) is 12.7. The number of hydrogen-bond acceptors (Lipinski definition) is 4. The Labute approximate surface area is 112 Å². The number of aromatic nitrogens is 3. The van der Waals surface area contributed by atoms with Crippen LogP contribution in [0.25, 0.3) is 0 Å². The highest BCUT2D eigenvalue weighted by atomic mass is 32.2. The average Bonchev–Trinajstić information content (AvgIpc) is 2.68. The van der Waals surface area contributed by atoms with Gasteiger partial charge in [-0.15, -0.1) is 10.2 Å². The molecule has 0 saturated carbocycles. The lowest BCUT2D eigenvalue weighted by atomic mass is 10.0. The number of thioether (sulfide) groups is 1. The number of nitrogens with zero attached hydrogens (tertiary/aromatic N) is 3. The molecular formula is C13H18N4S. The van der Waals surface area contributed by atoms with E-state index in [1.165, 1.54) is 11.1 Å². The van der Waals surface area contributed by atoms with Gasteiger partial charge in [0.2, 0.25) is 0 Å². The van der Waals surface area contributed by atoms with Gasteiger partial charge in [0, 0.05) is 18.8 Å². The van der Waals surface area contributed by atoms with Gasteiger partial charge in [0.15, 0.2) is 5.16 Å². The quantitative estimate of drug-likeness (QED) is 0.858. The molecule has 1 aromatic heterocycles. The SMILES string of the molecule is Cc1ccccc1C(N)CSc1nnc(C)n1C. The molecule has 0 radical (unpaired) electrons. The fraction of sp³-hybridized carbons (Fsp3) is 0.385. The van der Waals surface area contributed by atoms with Crippen LogP contribution in [0.2, 0.25) is 0 Å². The highest BCUT2D eigenvalue weighted by Gasteiger charge is 2.12. The second-order valence-corrected chi connectivity index (χ2v) is 5.35. The number of hydrogen-bond donors (Lipinski definition) is 1. The summed E-state index contributed by atoms with van der Waals surface area (Å²) in [6.07, 6.45) is 0. The molecule has 4 nitrogen and oxygen atoms in total. The molecule has 1 heterocycles. The van der Waals surface area contributed by atoms with E-state index >= 15 is 0 Å². The smallest absolute Gasteiger partial charge is 0.191 e. The molecule has 18 heavy (non-hydrogen) atoms. The van der Waals surface area contributed by atoms with Gasteiger partial charge >= 0.3 is 0 Å². The molecule has 0 aliphatic rings. The van der Waals surface area contributed by atoms with Gasteiger partial charge in [0.1, 0.15) is 5.82 Å². The Morgan fingerprint density at radius 3 is 2.61 bits per heavy atom. The molecule has 1 atom stereocenters. The van der Waals surface area contributed by atoms with Crippen molar-refractivity contribution in [3.63, 3.8) is 0 Å². The van der Waals surface area contributed by atoms with Crippen molar-refractivity contribution in [1.29, 1.82) is 0 Å². The Bertz CT molecular complexity index is 536. The molecule has 5 heteroatoms. The van der Waals surface area contributed by atoms with E-state index in [9.17, 15) is 0 Å². The van der Waals surface area contributed by atoms with Crippen molar-refractivity contribution in [3.05, 3.63) is 41.2 Å². The van der Waals surface area contributed by atoms with Crippen LogP contribution < -0.4 is 5.73 Å². The molecule has 2 aromatic rings. The van der Waals surface area contributed by atoms with Crippen molar-refractivity contribution < 1.29 is 0 Å². The molecule has 96 valence electrons. The third kappa shape index (κ3) is 2.73. The lowest BCUT2D eigenvalue weighted by molar-refractivity contribution is 0.758. The summed E-state index contributed by atoms with van der Waals surface area (Å²) >= 11 is 1.64. The molecule has 0 aliphatic heterocycles. The van der Waals surface area contributed by atoms with E-state index in [-0.39, 0.29) is 6.04 Å². The summed E-state index contributed by atoms with van der Waals surface area (Å²) in [7, 11) is 1.97. The van der Waals surface area contributed by atoms with E-state index in [0.717, 1.165) is 16.7 Å². The first kappa shape index (κ1) is 13.1. The number of aryl methyl sites for hydroxylation is 2. The highest BCUT2D eigenvalue weighted by molar-refractivity contribution is 7.99. The minimum absolute atomic E-state index is 0.0215. The van der Waals surface area contributed by atoms with Crippen LogP contribution in [0.15, 0.2) is 29.4 Å². The third-order valence-corrected chi connectivity index (χ3v) is 4.17. The monoisotopic (exact) mass is 262 g/mol. The Morgan fingerprint density at radius 1 is 1.28 bits per heavy atom. The minimum Gasteiger partial charge on any atom is -0.323 e. The fourth-order valence-electron chi connectivity index (χ4n) is 1.77. The molecule has 1 unspecified atom stereocenters. The van der Waals surface area contributed by atoms with Crippen molar-refractivity contribution in [2.75, 3.05) is 5.75 Å². The first-order valence-electron chi connectivity index (χ1n) is 5.89. The Balaban J connectivity index is 2.03. The molecule has 0 spiro atoms. The lowest BCUT2D eigenvalue weighted by Gasteiger charge is -2.13. The first-order valence-corrected chi connectivity index (χ1v) is 6.88. The van der Waals surface area contributed by atoms with Gasteiger partial charge in [-0.1, -0.05) is 36.0 Å². The Kier molecular flexibility index (Phi) is 4.04. The third-order valence-electron chi connectivity index (χ3n) is 3.03. The maximum atomic E-state index is 6.22. The van der Waals surface area contributed by atoms with Gasteiger partial charge in [-0.2, -0.15) is 0 Å². The van der Waals surface area contributed by atoms with E-state index in [4.69, 9.17) is 5.73 Å². The van der Waals surface area contributed by atoms with Crippen molar-refractivity contribution in [2.24, 2.45) is 12.8 Å². The van der Waals surface area contributed by atoms with Gasteiger partial charge in [0.05, 0.1) is 0 Å². The predicted molar refractivity (Wildman–Crippen MR) is 74.6 cm³/mol. The van der Waals surface area contributed by atoms with Crippen LogP contribution in [0.3, 0.4) is 0 Å². The van der Waals surface area contributed by atoms with Crippen LogP contribution in [-0.4, -0.2) is 20.5 Å².